The maximum absolute atomic E-state index is 13.4. The van der Waals surface area contributed by atoms with Crippen LogP contribution in [0.1, 0.15) is 5.56 Å². The predicted octanol–water partition coefficient (Wildman–Crippen LogP) is 4.28. The van der Waals surface area contributed by atoms with Crippen molar-refractivity contribution in [3.63, 3.8) is 0 Å². The largest absolute Gasteiger partial charge is 0.376 e. The molecule has 2 aromatic rings. The maximum atomic E-state index is 13.4. The van der Waals surface area contributed by atoms with Gasteiger partial charge in [0.1, 0.15) is 11.5 Å². The minimum Gasteiger partial charge on any atom is -0.376 e. The molecule has 0 saturated carbocycles. The number of rotatable bonds is 4. The van der Waals surface area contributed by atoms with Crippen molar-refractivity contribution in [2.75, 3.05) is 5.32 Å². The number of halogens is 4. The van der Waals surface area contributed by atoms with E-state index < -0.39 is 28.1 Å². The van der Waals surface area contributed by atoms with Gasteiger partial charge < -0.3 is 5.32 Å². The number of nitrogens with zero attached hydrogens (tertiary/aromatic N) is 1. The summed E-state index contributed by atoms with van der Waals surface area (Å²) in [7, 11) is 0. The first-order chi connectivity index (χ1) is 9.88. The van der Waals surface area contributed by atoms with Gasteiger partial charge in [-0.25, -0.2) is 13.2 Å². The van der Waals surface area contributed by atoms with E-state index >= 15 is 0 Å². The van der Waals surface area contributed by atoms with E-state index in [4.69, 9.17) is 11.6 Å². The fourth-order valence-corrected chi connectivity index (χ4v) is 1.96. The van der Waals surface area contributed by atoms with E-state index in [-0.39, 0.29) is 22.8 Å². The van der Waals surface area contributed by atoms with Crippen LogP contribution in [-0.4, -0.2) is 4.92 Å². The van der Waals surface area contributed by atoms with Crippen LogP contribution in [0.5, 0.6) is 0 Å². The van der Waals surface area contributed by atoms with Gasteiger partial charge in [0, 0.05) is 29.8 Å². The Kier molecular flexibility index (Phi) is 4.32. The summed E-state index contributed by atoms with van der Waals surface area (Å²) >= 11 is 5.74. The summed E-state index contributed by atoms with van der Waals surface area (Å²) in [6.45, 7) is -0.240. The lowest BCUT2D eigenvalue weighted by molar-refractivity contribution is -0.385. The van der Waals surface area contributed by atoms with Crippen LogP contribution in [0.2, 0.25) is 5.02 Å². The lowest BCUT2D eigenvalue weighted by atomic mass is 10.1. The molecule has 0 radical (unpaired) electrons. The van der Waals surface area contributed by atoms with Gasteiger partial charge in [0.2, 0.25) is 0 Å². The lowest BCUT2D eigenvalue weighted by Gasteiger charge is -2.09. The molecule has 21 heavy (non-hydrogen) atoms. The molecular formula is C13H8ClF3N2O2. The fourth-order valence-electron chi connectivity index (χ4n) is 1.77. The van der Waals surface area contributed by atoms with Crippen molar-refractivity contribution in [1.29, 1.82) is 0 Å². The fraction of sp³-hybridized carbons (Fsp3) is 0.0769. The van der Waals surface area contributed by atoms with Crippen LogP contribution in [-0.2, 0) is 6.54 Å². The second kappa shape index (κ2) is 6.01. The van der Waals surface area contributed by atoms with Gasteiger partial charge in [0.15, 0.2) is 11.6 Å². The molecule has 0 bridgehead atoms. The SMILES string of the molecule is O=[N+]([O-])c1ccc(Cl)cc1CNc1c(F)cc(F)cc1F. The Morgan fingerprint density at radius 1 is 1.14 bits per heavy atom. The zero-order valence-corrected chi connectivity index (χ0v) is 11.1. The van der Waals surface area contributed by atoms with Crippen molar-refractivity contribution in [1.82, 2.24) is 0 Å². The van der Waals surface area contributed by atoms with Gasteiger partial charge in [-0.2, -0.15) is 0 Å². The van der Waals surface area contributed by atoms with Crippen molar-refractivity contribution in [2.45, 2.75) is 6.54 Å². The molecule has 0 fully saturated rings. The van der Waals surface area contributed by atoms with Gasteiger partial charge in [0.05, 0.1) is 10.5 Å². The molecule has 0 unspecified atom stereocenters. The van der Waals surface area contributed by atoms with E-state index in [0.717, 1.165) is 0 Å². The zero-order chi connectivity index (χ0) is 15.6. The molecule has 0 heterocycles. The highest BCUT2D eigenvalue weighted by Gasteiger charge is 2.16. The molecule has 0 aliphatic heterocycles. The van der Waals surface area contributed by atoms with Crippen LogP contribution in [0.3, 0.4) is 0 Å². The third kappa shape index (κ3) is 3.43. The van der Waals surface area contributed by atoms with Crippen LogP contribution in [0.4, 0.5) is 24.5 Å². The summed E-state index contributed by atoms with van der Waals surface area (Å²) in [5.41, 5.74) is -0.656. The molecule has 0 aliphatic carbocycles. The minimum absolute atomic E-state index is 0.149. The molecule has 0 aliphatic rings. The van der Waals surface area contributed by atoms with Crippen LogP contribution in [0.25, 0.3) is 0 Å². The summed E-state index contributed by atoms with van der Waals surface area (Å²) in [4.78, 5) is 10.2. The molecule has 4 nitrogen and oxygen atoms in total. The molecule has 2 rings (SSSR count). The second-order valence-corrected chi connectivity index (χ2v) is 4.56. The van der Waals surface area contributed by atoms with E-state index in [1.165, 1.54) is 18.2 Å². The molecule has 2 aromatic carbocycles. The van der Waals surface area contributed by atoms with Crippen LogP contribution in [0, 0.1) is 27.6 Å². The summed E-state index contributed by atoms with van der Waals surface area (Å²) in [5.74, 6) is -3.31. The summed E-state index contributed by atoms with van der Waals surface area (Å²) < 4.78 is 39.7. The van der Waals surface area contributed by atoms with E-state index in [1.807, 2.05) is 0 Å². The molecule has 0 aromatic heterocycles. The molecular weight excluding hydrogens is 309 g/mol. The van der Waals surface area contributed by atoms with Gasteiger partial charge >= 0.3 is 0 Å². The molecule has 1 N–H and O–H groups in total. The Labute approximate surface area is 122 Å². The van der Waals surface area contributed by atoms with Crippen molar-refractivity contribution < 1.29 is 18.1 Å². The van der Waals surface area contributed by atoms with Gasteiger partial charge in [-0.1, -0.05) is 11.6 Å². The van der Waals surface area contributed by atoms with Gasteiger partial charge in [-0.05, 0) is 12.1 Å². The Morgan fingerprint density at radius 2 is 1.76 bits per heavy atom. The summed E-state index contributed by atoms with van der Waals surface area (Å²) in [6, 6.07) is 4.86. The number of nitro benzene ring substituents is 1. The molecule has 8 heteroatoms. The number of anilines is 1. The van der Waals surface area contributed by atoms with Crippen LogP contribution in [0.15, 0.2) is 30.3 Å². The molecule has 0 spiro atoms. The number of hydrogen-bond acceptors (Lipinski definition) is 3. The smallest absolute Gasteiger partial charge is 0.274 e. The van der Waals surface area contributed by atoms with E-state index in [1.54, 1.807) is 0 Å². The third-order valence-corrected chi connectivity index (χ3v) is 2.94. The third-order valence-electron chi connectivity index (χ3n) is 2.70. The molecule has 0 saturated heterocycles. The maximum Gasteiger partial charge on any atom is 0.274 e. The molecule has 0 amide bonds. The lowest BCUT2D eigenvalue weighted by Crippen LogP contribution is -2.06. The molecule has 0 atom stereocenters. The summed E-state index contributed by atoms with van der Waals surface area (Å²) in [6.07, 6.45) is 0. The first-order valence-electron chi connectivity index (χ1n) is 5.69. The highest BCUT2D eigenvalue weighted by molar-refractivity contribution is 6.30. The van der Waals surface area contributed by atoms with Crippen molar-refractivity contribution >= 4 is 23.0 Å². The van der Waals surface area contributed by atoms with Crippen molar-refractivity contribution in [3.05, 3.63) is 68.5 Å². The van der Waals surface area contributed by atoms with Crippen molar-refractivity contribution in [2.24, 2.45) is 0 Å². The van der Waals surface area contributed by atoms with Gasteiger partial charge in [0.25, 0.3) is 5.69 Å². The van der Waals surface area contributed by atoms with E-state index in [9.17, 15) is 23.3 Å². The van der Waals surface area contributed by atoms with Crippen LogP contribution < -0.4 is 5.32 Å². The monoisotopic (exact) mass is 316 g/mol. The highest BCUT2D eigenvalue weighted by atomic mass is 35.5. The van der Waals surface area contributed by atoms with E-state index in [2.05, 4.69) is 5.32 Å². The van der Waals surface area contributed by atoms with Gasteiger partial charge in [-0.3, -0.25) is 10.1 Å². The number of benzene rings is 2. The topological polar surface area (TPSA) is 55.2 Å². The Hall–Kier alpha value is -2.28. The average molecular weight is 317 g/mol. The number of nitro groups is 1. The van der Waals surface area contributed by atoms with E-state index in [0.29, 0.717) is 12.1 Å². The Balaban J connectivity index is 2.28. The number of nitrogens with one attached hydrogen (secondary N) is 1. The van der Waals surface area contributed by atoms with Gasteiger partial charge in [-0.15, -0.1) is 0 Å². The Bertz CT molecular complexity index is 687. The number of hydrogen-bond donors (Lipinski definition) is 1. The first-order valence-corrected chi connectivity index (χ1v) is 6.07. The molecule has 110 valence electrons. The average Bonchev–Trinajstić information content (AvgIpc) is 2.37. The quantitative estimate of drug-likeness (QED) is 0.676. The zero-order valence-electron chi connectivity index (χ0n) is 10.4. The standard InChI is InChI=1S/C13H8ClF3N2O2/c14-8-1-2-12(19(20)21)7(3-8)6-18-13-10(16)4-9(15)5-11(13)17/h1-5,18H,6H2. The highest BCUT2D eigenvalue weighted by Crippen LogP contribution is 2.25. The normalized spacial score (nSPS) is 10.5. The Morgan fingerprint density at radius 3 is 2.33 bits per heavy atom. The van der Waals surface area contributed by atoms with Crippen LogP contribution >= 0.6 is 11.6 Å². The minimum atomic E-state index is -1.13. The summed E-state index contributed by atoms with van der Waals surface area (Å²) in [5, 5.41) is 13.5. The second-order valence-electron chi connectivity index (χ2n) is 4.13. The van der Waals surface area contributed by atoms with Crippen molar-refractivity contribution in [3.8, 4) is 0 Å². The predicted molar refractivity (Wildman–Crippen MR) is 71.7 cm³/mol. The first kappa shape index (κ1) is 15.1.